The monoisotopic (exact) mass is 292 g/mol. The van der Waals surface area contributed by atoms with E-state index in [4.69, 9.17) is 9.47 Å². The number of benzene rings is 1. The second-order valence-corrected chi connectivity index (χ2v) is 5.82. The Hall–Kier alpha value is -1.10. The van der Waals surface area contributed by atoms with E-state index < -0.39 is 0 Å². The molecule has 0 unspecified atom stereocenters. The fourth-order valence-corrected chi connectivity index (χ4v) is 2.79. The summed E-state index contributed by atoms with van der Waals surface area (Å²) in [6, 6.07) is 9.24. The van der Waals surface area contributed by atoms with Crippen LogP contribution in [0.25, 0.3) is 0 Å². The Morgan fingerprint density at radius 1 is 1.24 bits per heavy atom. The summed E-state index contributed by atoms with van der Waals surface area (Å²) in [6.45, 7) is 9.35. The molecule has 1 aliphatic heterocycles. The molecule has 1 aromatic carbocycles. The number of nitrogens with one attached hydrogen (secondary N) is 1. The van der Waals surface area contributed by atoms with E-state index in [9.17, 15) is 0 Å². The van der Waals surface area contributed by atoms with Crippen molar-refractivity contribution < 1.29 is 9.47 Å². The summed E-state index contributed by atoms with van der Waals surface area (Å²) in [5.74, 6) is 0.979. The van der Waals surface area contributed by atoms with Gasteiger partial charge in [0, 0.05) is 31.7 Å². The van der Waals surface area contributed by atoms with Gasteiger partial charge in [-0.25, -0.2) is 0 Å². The lowest BCUT2D eigenvalue weighted by molar-refractivity contribution is 0.0200. The summed E-state index contributed by atoms with van der Waals surface area (Å²) in [4.78, 5) is 2.49. The first-order chi connectivity index (χ1) is 10.2. The van der Waals surface area contributed by atoms with Gasteiger partial charge in [-0.05, 0) is 31.9 Å². The van der Waals surface area contributed by atoms with Gasteiger partial charge in [-0.2, -0.15) is 0 Å². The van der Waals surface area contributed by atoms with E-state index in [1.165, 1.54) is 5.56 Å². The van der Waals surface area contributed by atoms with Crippen molar-refractivity contribution in [2.45, 2.75) is 32.4 Å². The van der Waals surface area contributed by atoms with Crippen LogP contribution in [0.15, 0.2) is 24.3 Å². The number of methoxy groups -OCH3 is 1. The van der Waals surface area contributed by atoms with Crippen LogP contribution in [0.2, 0.25) is 0 Å². The van der Waals surface area contributed by atoms with E-state index in [-0.39, 0.29) is 0 Å². The van der Waals surface area contributed by atoms with Crippen molar-refractivity contribution in [3.05, 3.63) is 29.8 Å². The van der Waals surface area contributed by atoms with Gasteiger partial charge in [0.1, 0.15) is 5.75 Å². The van der Waals surface area contributed by atoms with E-state index >= 15 is 0 Å². The van der Waals surface area contributed by atoms with Crippen LogP contribution >= 0.6 is 0 Å². The summed E-state index contributed by atoms with van der Waals surface area (Å²) in [5, 5.41) is 3.64. The molecule has 21 heavy (non-hydrogen) atoms. The SMILES string of the molecule is COc1ccccc1C[C@@H](C)NC[C@@H](C)N1CCOCC1. The molecule has 0 radical (unpaired) electrons. The summed E-state index contributed by atoms with van der Waals surface area (Å²) in [7, 11) is 1.73. The van der Waals surface area contributed by atoms with Crippen molar-refractivity contribution in [1.29, 1.82) is 0 Å². The number of ether oxygens (including phenoxy) is 2. The van der Waals surface area contributed by atoms with Crippen LogP contribution in [-0.4, -0.2) is 56.9 Å². The molecule has 1 heterocycles. The largest absolute Gasteiger partial charge is 0.496 e. The Morgan fingerprint density at radius 3 is 2.67 bits per heavy atom. The topological polar surface area (TPSA) is 33.7 Å². The van der Waals surface area contributed by atoms with Crippen LogP contribution in [0.4, 0.5) is 0 Å². The summed E-state index contributed by atoms with van der Waals surface area (Å²) < 4.78 is 10.8. The quantitative estimate of drug-likeness (QED) is 0.833. The number of nitrogens with zero attached hydrogens (tertiary/aromatic N) is 1. The zero-order chi connectivity index (χ0) is 15.1. The number of hydrogen-bond acceptors (Lipinski definition) is 4. The molecular formula is C17H28N2O2. The first-order valence-electron chi connectivity index (χ1n) is 7.87. The third-order valence-electron chi connectivity index (χ3n) is 4.15. The molecule has 1 aliphatic rings. The number of para-hydroxylation sites is 1. The van der Waals surface area contributed by atoms with E-state index in [1.807, 2.05) is 12.1 Å². The van der Waals surface area contributed by atoms with Crippen molar-refractivity contribution in [2.24, 2.45) is 0 Å². The van der Waals surface area contributed by atoms with Gasteiger partial charge in [0.05, 0.1) is 20.3 Å². The van der Waals surface area contributed by atoms with Crippen LogP contribution in [0.1, 0.15) is 19.4 Å². The minimum atomic E-state index is 0.435. The fourth-order valence-electron chi connectivity index (χ4n) is 2.79. The van der Waals surface area contributed by atoms with Crippen LogP contribution in [-0.2, 0) is 11.2 Å². The van der Waals surface area contributed by atoms with Crippen LogP contribution < -0.4 is 10.1 Å². The molecular weight excluding hydrogens is 264 g/mol. The lowest BCUT2D eigenvalue weighted by Gasteiger charge is -2.33. The number of hydrogen-bond donors (Lipinski definition) is 1. The second-order valence-electron chi connectivity index (χ2n) is 5.82. The van der Waals surface area contributed by atoms with Crippen molar-refractivity contribution in [2.75, 3.05) is 40.0 Å². The highest BCUT2D eigenvalue weighted by atomic mass is 16.5. The second kappa shape index (κ2) is 8.37. The molecule has 0 aliphatic carbocycles. The molecule has 0 spiro atoms. The van der Waals surface area contributed by atoms with Crippen molar-refractivity contribution in [3.63, 3.8) is 0 Å². The Kier molecular flexibility index (Phi) is 6.49. The molecule has 0 aromatic heterocycles. The van der Waals surface area contributed by atoms with Gasteiger partial charge in [-0.15, -0.1) is 0 Å². The highest BCUT2D eigenvalue weighted by Gasteiger charge is 2.17. The molecule has 118 valence electrons. The molecule has 0 bridgehead atoms. The van der Waals surface area contributed by atoms with Crippen LogP contribution in [0.5, 0.6) is 5.75 Å². The first kappa shape index (κ1) is 16.3. The summed E-state index contributed by atoms with van der Waals surface area (Å²) in [5.41, 5.74) is 1.26. The minimum Gasteiger partial charge on any atom is -0.496 e. The summed E-state index contributed by atoms with van der Waals surface area (Å²) >= 11 is 0. The highest BCUT2D eigenvalue weighted by Crippen LogP contribution is 2.18. The van der Waals surface area contributed by atoms with Gasteiger partial charge >= 0.3 is 0 Å². The van der Waals surface area contributed by atoms with E-state index in [0.29, 0.717) is 12.1 Å². The standard InChI is InChI=1S/C17H28N2O2/c1-14(12-16-6-4-5-7-17(16)20-3)18-13-15(2)19-8-10-21-11-9-19/h4-7,14-15,18H,8-13H2,1-3H3/t14-,15-/m1/s1. The van der Waals surface area contributed by atoms with Crippen molar-refractivity contribution >= 4 is 0 Å². The lowest BCUT2D eigenvalue weighted by atomic mass is 10.1. The van der Waals surface area contributed by atoms with Gasteiger partial charge in [0.25, 0.3) is 0 Å². The molecule has 4 heteroatoms. The number of morpholine rings is 1. The Bertz CT molecular complexity index is 419. The third-order valence-corrected chi connectivity index (χ3v) is 4.15. The molecule has 2 rings (SSSR count). The van der Waals surface area contributed by atoms with E-state index in [2.05, 4.69) is 36.2 Å². The average molecular weight is 292 g/mol. The van der Waals surface area contributed by atoms with E-state index in [1.54, 1.807) is 7.11 Å². The maximum atomic E-state index is 5.42. The Balaban J connectivity index is 1.77. The van der Waals surface area contributed by atoms with Crippen molar-refractivity contribution in [1.82, 2.24) is 10.2 Å². The van der Waals surface area contributed by atoms with Gasteiger partial charge in [-0.3, -0.25) is 4.90 Å². The Morgan fingerprint density at radius 2 is 1.95 bits per heavy atom. The predicted octanol–water partition coefficient (Wildman–Crippen LogP) is 1.94. The van der Waals surface area contributed by atoms with Gasteiger partial charge in [0.2, 0.25) is 0 Å². The molecule has 0 amide bonds. The minimum absolute atomic E-state index is 0.435. The van der Waals surface area contributed by atoms with Gasteiger partial charge < -0.3 is 14.8 Å². The maximum Gasteiger partial charge on any atom is 0.122 e. The molecule has 1 aromatic rings. The molecule has 1 fully saturated rings. The van der Waals surface area contributed by atoms with Crippen LogP contribution in [0, 0.1) is 0 Å². The van der Waals surface area contributed by atoms with Gasteiger partial charge in [0.15, 0.2) is 0 Å². The smallest absolute Gasteiger partial charge is 0.122 e. The molecule has 2 atom stereocenters. The number of rotatable bonds is 7. The lowest BCUT2D eigenvalue weighted by Crippen LogP contribution is -2.47. The summed E-state index contributed by atoms with van der Waals surface area (Å²) in [6.07, 6.45) is 0.986. The molecule has 4 nitrogen and oxygen atoms in total. The average Bonchev–Trinajstić information content (AvgIpc) is 2.54. The van der Waals surface area contributed by atoms with Crippen molar-refractivity contribution in [3.8, 4) is 5.75 Å². The normalized spacial score (nSPS) is 19.2. The Labute approximate surface area is 128 Å². The zero-order valence-electron chi connectivity index (χ0n) is 13.5. The molecule has 0 saturated carbocycles. The molecule has 1 N–H and O–H groups in total. The van der Waals surface area contributed by atoms with Crippen LogP contribution in [0.3, 0.4) is 0 Å². The first-order valence-corrected chi connectivity index (χ1v) is 7.87. The fraction of sp³-hybridized carbons (Fsp3) is 0.647. The molecule has 1 saturated heterocycles. The third kappa shape index (κ3) is 4.99. The highest BCUT2D eigenvalue weighted by molar-refractivity contribution is 5.33. The zero-order valence-corrected chi connectivity index (χ0v) is 13.5. The van der Waals surface area contributed by atoms with Gasteiger partial charge in [-0.1, -0.05) is 18.2 Å². The van der Waals surface area contributed by atoms with E-state index in [0.717, 1.165) is 45.0 Å². The predicted molar refractivity (Wildman–Crippen MR) is 86.0 cm³/mol. The maximum absolute atomic E-state index is 5.42.